The van der Waals surface area contributed by atoms with E-state index >= 15 is 0 Å². The first-order chi connectivity index (χ1) is 9.85. The highest BCUT2D eigenvalue weighted by molar-refractivity contribution is 5.87. The van der Waals surface area contributed by atoms with E-state index in [1.807, 2.05) is 0 Å². The molecule has 0 radical (unpaired) electrons. The Morgan fingerprint density at radius 3 is 2.27 bits per heavy atom. The minimum Gasteiger partial charge on any atom is -0.467 e. The molecule has 0 saturated carbocycles. The van der Waals surface area contributed by atoms with Gasteiger partial charge in [0.25, 0.3) is 0 Å². The Hall–Kier alpha value is -1.56. The third-order valence-corrected chi connectivity index (χ3v) is 3.37. The lowest BCUT2D eigenvalue weighted by molar-refractivity contribution is -0.154. The van der Waals surface area contributed by atoms with Crippen molar-refractivity contribution in [2.24, 2.45) is 0 Å². The fourth-order valence-electron chi connectivity index (χ4n) is 2.68. The normalized spacial score (nSPS) is 24.0. The number of carbonyl (C=O) groups is 2. The van der Waals surface area contributed by atoms with Gasteiger partial charge >= 0.3 is 12.1 Å². The maximum Gasteiger partial charge on any atom is 0.413 e. The Labute approximate surface area is 132 Å². The molecule has 6 nitrogen and oxygen atoms in total. The standard InChI is InChI=1S/C16H27NO5/c1-11(2)9-16(12(18)20-8)10-21-15(6,7)17(16)13(19)22-14(3,4)5/h1,9-10H2,2-8H3. The molecule has 0 aromatic carbocycles. The molecule has 1 atom stereocenters. The summed E-state index contributed by atoms with van der Waals surface area (Å²) < 4.78 is 16.1. The van der Waals surface area contributed by atoms with Gasteiger partial charge in [0.2, 0.25) is 0 Å². The van der Waals surface area contributed by atoms with Gasteiger partial charge < -0.3 is 14.2 Å². The number of ether oxygens (including phenoxy) is 3. The summed E-state index contributed by atoms with van der Waals surface area (Å²) in [6.07, 6.45) is -0.357. The van der Waals surface area contributed by atoms with Crippen molar-refractivity contribution in [1.82, 2.24) is 4.90 Å². The molecule has 1 fully saturated rings. The number of hydrogen-bond donors (Lipinski definition) is 0. The minimum absolute atomic E-state index is 0.0405. The third-order valence-electron chi connectivity index (χ3n) is 3.37. The summed E-state index contributed by atoms with van der Waals surface area (Å²) in [6.45, 7) is 14.4. The highest BCUT2D eigenvalue weighted by Crippen LogP contribution is 2.40. The van der Waals surface area contributed by atoms with E-state index in [4.69, 9.17) is 14.2 Å². The van der Waals surface area contributed by atoms with Gasteiger partial charge in [0.05, 0.1) is 13.7 Å². The first-order valence-electron chi connectivity index (χ1n) is 7.26. The number of hydrogen-bond acceptors (Lipinski definition) is 5. The van der Waals surface area contributed by atoms with Crippen LogP contribution in [-0.4, -0.2) is 47.5 Å². The summed E-state index contributed by atoms with van der Waals surface area (Å²) in [5, 5.41) is 0. The molecule has 1 aliphatic rings. The molecule has 1 unspecified atom stereocenters. The molecule has 0 aromatic heterocycles. The van der Waals surface area contributed by atoms with E-state index in [2.05, 4.69) is 6.58 Å². The van der Waals surface area contributed by atoms with Crippen molar-refractivity contribution in [3.63, 3.8) is 0 Å². The van der Waals surface area contributed by atoms with Gasteiger partial charge in [0.15, 0.2) is 5.54 Å². The van der Waals surface area contributed by atoms with Gasteiger partial charge in [-0.25, -0.2) is 9.59 Å². The topological polar surface area (TPSA) is 65.1 Å². The second-order valence-electron chi connectivity index (χ2n) is 7.21. The molecule has 0 spiro atoms. The average Bonchev–Trinajstić information content (AvgIpc) is 2.57. The number of nitrogens with zero attached hydrogens (tertiary/aromatic N) is 1. The molecule has 1 saturated heterocycles. The molecule has 0 bridgehead atoms. The summed E-state index contributed by atoms with van der Waals surface area (Å²) in [5.41, 5.74) is -2.17. The average molecular weight is 313 g/mol. The number of carbonyl (C=O) groups excluding carboxylic acids is 2. The van der Waals surface area contributed by atoms with Crippen LogP contribution in [0.15, 0.2) is 12.2 Å². The summed E-state index contributed by atoms with van der Waals surface area (Å²) in [6, 6.07) is 0. The van der Waals surface area contributed by atoms with Crippen molar-refractivity contribution >= 4 is 12.1 Å². The maximum atomic E-state index is 12.7. The van der Waals surface area contributed by atoms with Crippen molar-refractivity contribution in [3.8, 4) is 0 Å². The first kappa shape index (κ1) is 18.5. The van der Waals surface area contributed by atoms with Crippen LogP contribution in [0.5, 0.6) is 0 Å². The van der Waals surface area contributed by atoms with E-state index in [-0.39, 0.29) is 13.0 Å². The van der Waals surface area contributed by atoms with Gasteiger partial charge in [-0.15, -0.1) is 6.58 Å². The van der Waals surface area contributed by atoms with Crippen LogP contribution in [0.1, 0.15) is 48.0 Å². The Morgan fingerprint density at radius 2 is 1.86 bits per heavy atom. The molecular formula is C16H27NO5. The highest BCUT2D eigenvalue weighted by Gasteiger charge is 2.60. The molecule has 1 heterocycles. The van der Waals surface area contributed by atoms with Crippen LogP contribution in [0.4, 0.5) is 4.79 Å². The Kier molecular flexibility index (Phi) is 4.97. The monoisotopic (exact) mass is 313 g/mol. The zero-order valence-electron chi connectivity index (χ0n) is 14.6. The molecular weight excluding hydrogens is 286 g/mol. The number of methoxy groups -OCH3 is 1. The van der Waals surface area contributed by atoms with Gasteiger partial charge in [-0.3, -0.25) is 4.90 Å². The van der Waals surface area contributed by atoms with Crippen LogP contribution in [0.3, 0.4) is 0 Å². The van der Waals surface area contributed by atoms with E-state index in [0.717, 1.165) is 5.57 Å². The van der Waals surface area contributed by atoms with E-state index < -0.39 is 28.9 Å². The SMILES string of the molecule is C=C(C)CC1(C(=O)OC)COC(C)(C)N1C(=O)OC(C)(C)C. The summed E-state index contributed by atoms with van der Waals surface area (Å²) in [5.74, 6) is -0.535. The molecule has 1 amide bonds. The van der Waals surface area contributed by atoms with E-state index in [9.17, 15) is 9.59 Å². The number of amides is 1. The van der Waals surface area contributed by atoms with Crippen LogP contribution >= 0.6 is 0 Å². The molecule has 1 aliphatic heterocycles. The van der Waals surface area contributed by atoms with Crippen LogP contribution in [0, 0.1) is 0 Å². The molecule has 22 heavy (non-hydrogen) atoms. The lowest BCUT2D eigenvalue weighted by atomic mass is 9.90. The van der Waals surface area contributed by atoms with E-state index in [0.29, 0.717) is 0 Å². The summed E-state index contributed by atoms with van der Waals surface area (Å²) >= 11 is 0. The largest absolute Gasteiger partial charge is 0.467 e. The number of esters is 1. The van der Waals surface area contributed by atoms with Crippen molar-refractivity contribution in [3.05, 3.63) is 12.2 Å². The quantitative estimate of drug-likeness (QED) is 0.592. The molecule has 1 rings (SSSR count). The second-order valence-corrected chi connectivity index (χ2v) is 7.21. The van der Waals surface area contributed by atoms with Gasteiger partial charge in [0, 0.05) is 6.42 Å². The zero-order chi connectivity index (χ0) is 17.3. The smallest absolute Gasteiger partial charge is 0.413 e. The van der Waals surface area contributed by atoms with Gasteiger partial charge in [-0.1, -0.05) is 5.57 Å². The van der Waals surface area contributed by atoms with Crippen LogP contribution in [0.25, 0.3) is 0 Å². The van der Waals surface area contributed by atoms with Crippen molar-refractivity contribution < 1.29 is 23.8 Å². The molecule has 0 aliphatic carbocycles. The van der Waals surface area contributed by atoms with E-state index in [1.54, 1.807) is 41.5 Å². The first-order valence-corrected chi connectivity index (χ1v) is 7.26. The number of rotatable bonds is 3. The fraction of sp³-hybridized carbons (Fsp3) is 0.750. The molecule has 0 N–H and O–H groups in total. The third kappa shape index (κ3) is 3.61. The predicted molar refractivity (Wildman–Crippen MR) is 82.3 cm³/mol. The lowest BCUT2D eigenvalue weighted by Gasteiger charge is -2.40. The minimum atomic E-state index is -1.26. The van der Waals surface area contributed by atoms with Crippen LogP contribution in [0.2, 0.25) is 0 Å². The van der Waals surface area contributed by atoms with Gasteiger partial charge in [0.1, 0.15) is 11.3 Å². The summed E-state index contributed by atoms with van der Waals surface area (Å²) in [7, 11) is 1.29. The van der Waals surface area contributed by atoms with Crippen LogP contribution < -0.4 is 0 Å². The van der Waals surface area contributed by atoms with Crippen molar-refractivity contribution in [2.45, 2.75) is 64.8 Å². The van der Waals surface area contributed by atoms with Crippen molar-refractivity contribution in [2.75, 3.05) is 13.7 Å². The van der Waals surface area contributed by atoms with Crippen molar-refractivity contribution in [1.29, 1.82) is 0 Å². The lowest BCUT2D eigenvalue weighted by Crippen LogP contribution is -2.61. The predicted octanol–water partition coefficient (Wildman–Crippen LogP) is 2.87. The summed E-state index contributed by atoms with van der Waals surface area (Å²) in [4.78, 5) is 26.5. The Bertz CT molecular complexity index is 477. The zero-order valence-corrected chi connectivity index (χ0v) is 14.6. The molecule has 0 aromatic rings. The Morgan fingerprint density at radius 1 is 1.32 bits per heavy atom. The fourth-order valence-corrected chi connectivity index (χ4v) is 2.68. The van der Waals surface area contributed by atoms with Crippen LogP contribution in [-0.2, 0) is 19.0 Å². The molecule has 6 heteroatoms. The molecule has 126 valence electrons. The van der Waals surface area contributed by atoms with Gasteiger partial charge in [-0.05, 0) is 41.5 Å². The maximum absolute atomic E-state index is 12.7. The van der Waals surface area contributed by atoms with Gasteiger partial charge in [-0.2, -0.15) is 0 Å². The second kappa shape index (κ2) is 5.91. The highest BCUT2D eigenvalue weighted by atomic mass is 16.6. The Balaban J connectivity index is 3.32. The van der Waals surface area contributed by atoms with E-state index in [1.165, 1.54) is 12.0 Å².